The fourth-order valence-corrected chi connectivity index (χ4v) is 2.82. The molecule has 2 heterocycles. The number of aromatic nitrogens is 2. The Bertz CT molecular complexity index is 848. The largest absolute Gasteiger partial charge is 0.472 e. The summed E-state index contributed by atoms with van der Waals surface area (Å²) < 4.78 is 20.7. The molecule has 0 saturated heterocycles. The van der Waals surface area contributed by atoms with Gasteiger partial charge in [0.1, 0.15) is 12.4 Å². The van der Waals surface area contributed by atoms with Crippen LogP contribution in [0.3, 0.4) is 0 Å². The number of hydrogen-bond donors (Lipinski definition) is 0. The van der Waals surface area contributed by atoms with E-state index in [1.54, 1.807) is 11.0 Å². The van der Waals surface area contributed by atoms with E-state index in [1.807, 2.05) is 24.6 Å². The van der Waals surface area contributed by atoms with Crippen LogP contribution in [0.2, 0.25) is 0 Å². The van der Waals surface area contributed by atoms with Gasteiger partial charge in [-0.3, -0.25) is 9.48 Å². The summed E-state index contributed by atoms with van der Waals surface area (Å²) in [4.78, 5) is 14.3. The highest BCUT2D eigenvalue weighted by atomic mass is 19.1. The lowest BCUT2D eigenvalue weighted by Crippen LogP contribution is -2.38. The number of allylic oxidation sites excluding steroid dienone is 1. The number of carbonyl (C=O) groups is 1. The fraction of sp³-hybridized carbons (Fsp3) is 0.300. The lowest BCUT2D eigenvalue weighted by atomic mass is 10.1. The quantitative estimate of drug-likeness (QED) is 0.770. The number of nitrogens with zero attached hydrogens (tertiary/aromatic N) is 3. The molecular weight excluding hydrogens is 333 g/mol. The van der Waals surface area contributed by atoms with Crippen molar-refractivity contribution in [2.24, 2.45) is 0 Å². The van der Waals surface area contributed by atoms with E-state index < -0.39 is 0 Å². The number of hydrogen-bond acceptors (Lipinski definition) is 3. The van der Waals surface area contributed by atoms with Gasteiger partial charge < -0.3 is 9.64 Å². The van der Waals surface area contributed by atoms with Crippen molar-refractivity contribution in [3.05, 3.63) is 71.2 Å². The molecule has 1 aromatic heterocycles. The van der Waals surface area contributed by atoms with Crippen LogP contribution in [-0.2, 0) is 13.1 Å². The summed E-state index contributed by atoms with van der Waals surface area (Å²) in [5, 5.41) is 4.44. The van der Waals surface area contributed by atoms with Crippen molar-refractivity contribution in [3.8, 4) is 5.88 Å². The average Bonchev–Trinajstić information content (AvgIpc) is 3.04. The standard InChI is InChI=1S/C20H22FN3O2/c1-4-15(14(2)3)13-26-19-11-18-12-23(9-10-24(18)22-19)20(25)16-5-7-17(21)8-6-16/h4-8,11H,1,9-10,12-13H2,2-3H3. The van der Waals surface area contributed by atoms with Crippen molar-refractivity contribution in [3.63, 3.8) is 0 Å². The molecule has 1 aliphatic heterocycles. The molecular formula is C20H22FN3O2. The highest BCUT2D eigenvalue weighted by Gasteiger charge is 2.23. The maximum atomic E-state index is 13.0. The molecule has 6 heteroatoms. The van der Waals surface area contributed by atoms with Crippen molar-refractivity contribution in [1.82, 2.24) is 14.7 Å². The van der Waals surface area contributed by atoms with Crippen molar-refractivity contribution in [2.75, 3.05) is 13.2 Å². The van der Waals surface area contributed by atoms with Gasteiger partial charge in [0.15, 0.2) is 0 Å². The van der Waals surface area contributed by atoms with Crippen LogP contribution >= 0.6 is 0 Å². The molecule has 1 aliphatic rings. The molecule has 0 bridgehead atoms. The smallest absolute Gasteiger partial charge is 0.254 e. The average molecular weight is 355 g/mol. The minimum absolute atomic E-state index is 0.113. The highest BCUT2D eigenvalue weighted by molar-refractivity contribution is 5.94. The Kier molecular flexibility index (Phi) is 5.21. The lowest BCUT2D eigenvalue weighted by molar-refractivity contribution is 0.0706. The second-order valence-electron chi connectivity index (χ2n) is 6.45. The number of halogens is 1. The third kappa shape index (κ3) is 3.85. The molecule has 0 fully saturated rings. The summed E-state index contributed by atoms with van der Waals surface area (Å²) in [6.45, 7) is 9.83. The maximum Gasteiger partial charge on any atom is 0.254 e. The highest BCUT2D eigenvalue weighted by Crippen LogP contribution is 2.20. The van der Waals surface area contributed by atoms with Gasteiger partial charge in [-0.1, -0.05) is 18.2 Å². The first-order chi connectivity index (χ1) is 12.5. The molecule has 0 aliphatic carbocycles. The number of benzene rings is 1. The van der Waals surface area contributed by atoms with E-state index in [2.05, 4.69) is 11.7 Å². The topological polar surface area (TPSA) is 47.4 Å². The van der Waals surface area contributed by atoms with E-state index in [0.717, 1.165) is 16.8 Å². The van der Waals surface area contributed by atoms with Crippen LogP contribution in [0, 0.1) is 5.82 Å². The molecule has 136 valence electrons. The predicted molar refractivity (Wildman–Crippen MR) is 97.4 cm³/mol. The summed E-state index contributed by atoms with van der Waals surface area (Å²) in [6, 6.07) is 7.47. The first-order valence-corrected chi connectivity index (χ1v) is 8.51. The van der Waals surface area contributed by atoms with Gasteiger partial charge in [0.2, 0.25) is 5.88 Å². The zero-order valence-electron chi connectivity index (χ0n) is 15.0. The van der Waals surface area contributed by atoms with Crippen molar-refractivity contribution in [2.45, 2.75) is 26.9 Å². The monoisotopic (exact) mass is 355 g/mol. The Morgan fingerprint density at radius 2 is 2.04 bits per heavy atom. The predicted octanol–water partition coefficient (Wildman–Crippen LogP) is 3.58. The SMILES string of the molecule is C=CC(COc1cc2n(n1)CCN(C(=O)c1ccc(F)cc1)C2)=C(C)C. The second-order valence-corrected chi connectivity index (χ2v) is 6.45. The van der Waals surface area contributed by atoms with Gasteiger partial charge in [-0.15, -0.1) is 5.10 Å². The van der Waals surface area contributed by atoms with E-state index in [4.69, 9.17) is 4.74 Å². The minimum atomic E-state index is -0.352. The molecule has 0 saturated carbocycles. The molecule has 0 atom stereocenters. The van der Waals surface area contributed by atoms with Crippen LogP contribution in [0.1, 0.15) is 29.9 Å². The second kappa shape index (κ2) is 7.56. The Balaban J connectivity index is 1.68. The van der Waals surface area contributed by atoms with Crippen molar-refractivity contribution < 1.29 is 13.9 Å². The first-order valence-electron chi connectivity index (χ1n) is 8.51. The molecule has 0 N–H and O–H groups in total. The zero-order chi connectivity index (χ0) is 18.7. The molecule has 1 aromatic carbocycles. The van der Waals surface area contributed by atoms with Crippen LogP contribution in [0.15, 0.2) is 54.1 Å². The van der Waals surface area contributed by atoms with Crippen LogP contribution in [0.5, 0.6) is 5.88 Å². The number of ether oxygens (including phenoxy) is 1. The Hall–Kier alpha value is -2.89. The molecule has 1 amide bonds. The minimum Gasteiger partial charge on any atom is -0.472 e. The summed E-state index contributed by atoms with van der Waals surface area (Å²) in [5.74, 6) is 0.0744. The Morgan fingerprint density at radius 1 is 1.31 bits per heavy atom. The number of carbonyl (C=O) groups excluding carboxylic acids is 1. The first kappa shape index (κ1) is 17.9. The zero-order valence-corrected chi connectivity index (χ0v) is 15.0. The third-order valence-corrected chi connectivity index (χ3v) is 4.42. The van der Waals surface area contributed by atoms with Crippen LogP contribution < -0.4 is 4.74 Å². The van der Waals surface area contributed by atoms with Crippen LogP contribution in [0.25, 0.3) is 0 Å². The molecule has 0 radical (unpaired) electrons. The van der Waals surface area contributed by atoms with Gasteiger partial charge in [0.25, 0.3) is 5.91 Å². The molecule has 5 nitrogen and oxygen atoms in total. The summed E-state index contributed by atoms with van der Waals surface area (Å²) in [5.41, 5.74) is 3.58. The van der Waals surface area contributed by atoms with E-state index in [1.165, 1.54) is 24.3 Å². The van der Waals surface area contributed by atoms with Crippen LogP contribution in [-0.4, -0.2) is 33.7 Å². The van der Waals surface area contributed by atoms with Gasteiger partial charge in [-0.05, 0) is 43.7 Å². The number of rotatable bonds is 5. The molecule has 2 aromatic rings. The molecule has 0 spiro atoms. The molecule has 26 heavy (non-hydrogen) atoms. The normalized spacial score (nSPS) is 13.1. The van der Waals surface area contributed by atoms with Gasteiger partial charge in [0.05, 0.1) is 18.8 Å². The summed E-state index contributed by atoms with van der Waals surface area (Å²) in [6.07, 6.45) is 1.79. The fourth-order valence-electron chi connectivity index (χ4n) is 2.82. The molecule has 0 unspecified atom stereocenters. The van der Waals surface area contributed by atoms with E-state index in [9.17, 15) is 9.18 Å². The van der Waals surface area contributed by atoms with Gasteiger partial charge in [-0.2, -0.15) is 0 Å². The number of fused-ring (bicyclic) bond motifs is 1. The third-order valence-electron chi connectivity index (χ3n) is 4.42. The molecule has 3 rings (SSSR count). The Morgan fingerprint density at radius 3 is 2.69 bits per heavy atom. The van der Waals surface area contributed by atoms with Crippen molar-refractivity contribution in [1.29, 1.82) is 0 Å². The summed E-state index contributed by atoms with van der Waals surface area (Å²) >= 11 is 0. The van der Waals surface area contributed by atoms with Gasteiger partial charge >= 0.3 is 0 Å². The maximum absolute atomic E-state index is 13.0. The van der Waals surface area contributed by atoms with Gasteiger partial charge in [0, 0.05) is 18.2 Å². The van der Waals surface area contributed by atoms with Crippen molar-refractivity contribution >= 4 is 5.91 Å². The number of amides is 1. The van der Waals surface area contributed by atoms with E-state index >= 15 is 0 Å². The summed E-state index contributed by atoms with van der Waals surface area (Å²) in [7, 11) is 0. The Labute approximate surface area is 152 Å². The van der Waals surface area contributed by atoms with Gasteiger partial charge in [-0.25, -0.2) is 4.39 Å². The van der Waals surface area contributed by atoms with Crippen LogP contribution in [0.4, 0.5) is 4.39 Å². The van der Waals surface area contributed by atoms with E-state index in [-0.39, 0.29) is 11.7 Å². The lowest BCUT2D eigenvalue weighted by Gasteiger charge is -2.27. The van der Waals surface area contributed by atoms with E-state index in [0.29, 0.717) is 37.7 Å².